The van der Waals surface area contributed by atoms with Crippen molar-refractivity contribution in [3.8, 4) is 10.8 Å². The zero-order valence-electron chi connectivity index (χ0n) is 7.37. The first-order valence-corrected chi connectivity index (χ1v) is 5.81. The second kappa shape index (κ2) is 4.25. The summed E-state index contributed by atoms with van der Waals surface area (Å²) in [6.45, 7) is 0.586. The first-order chi connectivity index (χ1) is 6.79. The fourth-order valence-corrected chi connectivity index (χ4v) is 2.43. The lowest BCUT2D eigenvalue weighted by atomic mass is 10.4. The molecule has 74 valence electrons. The zero-order chi connectivity index (χ0) is 9.97. The van der Waals surface area contributed by atoms with Gasteiger partial charge in [-0.15, -0.1) is 11.3 Å². The van der Waals surface area contributed by atoms with Crippen molar-refractivity contribution in [3.05, 3.63) is 27.9 Å². The Morgan fingerprint density at radius 3 is 3.00 bits per heavy atom. The van der Waals surface area contributed by atoms with Gasteiger partial charge in [-0.25, -0.2) is 4.98 Å². The number of thiophene rings is 1. The van der Waals surface area contributed by atoms with Gasteiger partial charge in [0.1, 0.15) is 5.76 Å². The van der Waals surface area contributed by atoms with Crippen LogP contribution in [0.1, 0.15) is 5.76 Å². The Kier molecular flexibility index (Phi) is 3.00. The maximum Gasteiger partial charge on any atom is 0.236 e. The van der Waals surface area contributed by atoms with Crippen LogP contribution in [0.3, 0.4) is 0 Å². The summed E-state index contributed by atoms with van der Waals surface area (Å²) in [6, 6.07) is 3.96. The number of hydrogen-bond donors (Lipinski definition) is 1. The average molecular weight is 273 g/mol. The molecule has 5 heteroatoms. The van der Waals surface area contributed by atoms with Crippen LogP contribution in [0.15, 0.2) is 26.5 Å². The number of hydrogen-bond acceptors (Lipinski definition) is 4. The van der Waals surface area contributed by atoms with Crippen LogP contribution in [-0.4, -0.2) is 11.5 Å². The molecule has 0 aliphatic carbocycles. The highest BCUT2D eigenvalue weighted by atomic mass is 79.9. The number of oxazole rings is 1. The van der Waals surface area contributed by atoms with Gasteiger partial charge in [0.2, 0.25) is 5.89 Å². The predicted molar refractivity (Wildman–Crippen MR) is 60.3 cm³/mol. The predicted octanol–water partition coefficient (Wildman–Crippen LogP) is 2.67. The van der Waals surface area contributed by atoms with Crippen molar-refractivity contribution in [1.29, 1.82) is 0 Å². The topological polar surface area (TPSA) is 52.0 Å². The summed E-state index contributed by atoms with van der Waals surface area (Å²) in [5.74, 6) is 1.51. The summed E-state index contributed by atoms with van der Waals surface area (Å²) < 4.78 is 6.60. The second-order valence-corrected chi connectivity index (χ2v) is 5.24. The van der Waals surface area contributed by atoms with Crippen LogP contribution in [0.25, 0.3) is 10.8 Å². The zero-order valence-corrected chi connectivity index (χ0v) is 9.77. The molecule has 2 rings (SSSR count). The van der Waals surface area contributed by atoms with Gasteiger partial charge in [-0.2, -0.15) is 0 Å². The highest BCUT2D eigenvalue weighted by Gasteiger charge is 2.08. The molecule has 14 heavy (non-hydrogen) atoms. The number of rotatable bonds is 3. The minimum absolute atomic E-state index is 0.586. The van der Waals surface area contributed by atoms with E-state index in [0.717, 1.165) is 20.8 Å². The van der Waals surface area contributed by atoms with Crippen molar-refractivity contribution in [2.45, 2.75) is 6.42 Å². The van der Waals surface area contributed by atoms with E-state index in [2.05, 4.69) is 20.9 Å². The molecule has 2 heterocycles. The van der Waals surface area contributed by atoms with Crippen molar-refractivity contribution in [2.75, 3.05) is 6.54 Å². The van der Waals surface area contributed by atoms with Crippen LogP contribution in [0.2, 0.25) is 0 Å². The van der Waals surface area contributed by atoms with Crippen molar-refractivity contribution in [2.24, 2.45) is 5.73 Å². The lowest BCUT2D eigenvalue weighted by Crippen LogP contribution is -2.01. The molecule has 2 aromatic rings. The van der Waals surface area contributed by atoms with E-state index in [1.165, 1.54) is 0 Å². The Labute approximate surface area is 94.1 Å². The fraction of sp³-hybridized carbons (Fsp3) is 0.222. The van der Waals surface area contributed by atoms with Crippen molar-refractivity contribution in [3.63, 3.8) is 0 Å². The third-order valence-electron chi connectivity index (χ3n) is 1.73. The van der Waals surface area contributed by atoms with Gasteiger partial charge in [0.15, 0.2) is 0 Å². The summed E-state index contributed by atoms with van der Waals surface area (Å²) in [7, 11) is 0. The molecule has 0 spiro atoms. The summed E-state index contributed by atoms with van der Waals surface area (Å²) in [6.07, 6.45) is 2.47. The molecular formula is C9H9BrN2OS. The van der Waals surface area contributed by atoms with Crippen molar-refractivity contribution in [1.82, 2.24) is 4.98 Å². The van der Waals surface area contributed by atoms with E-state index in [1.54, 1.807) is 17.5 Å². The van der Waals surface area contributed by atoms with Crippen LogP contribution < -0.4 is 5.73 Å². The fourth-order valence-electron chi connectivity index (χ4n) is 1.11. The van der Waals surface area contributed by atoms with E-state index < -0.39 is 0 Å². The third-order valence-corrected chi connectivity index (χ3v) is 3.34. The molecule has 0 atom stereocenters. The van der Waals surface area contributed by atoms with Gasteiger partial charge in [-0.3, -0.25) is 0 Å². The summed E-state index contributed by atoms with van der Waals surface area (Å²) in [5, 5.41) is 0. The summed E-state index contributed by atoms with van der Waals surface area (Å²) in [4.78, 5) is 5.21. The summed E-state index contributed by atoms with van der Waals surface area (Å²) >= 11 is 5.00. The van der Waals surface area contributed by atoms with Gasteiger partial charge >= 0.3 is 0 Å². The first-order valence-electron chi connectivity index (χ1n) is 4.20. The van der Waals surface area contributed by atoms with Crippen LogP contribution in [-0.2, 0) is 6.42 Å². The molecule has 3 nitrogen and oxygen atoms in total. The van der Waals surface area contributed by atoms with Gasteiger partial charge in [0.05, 0.1) is 14.9 Å². The van der Waals surface area contributed by atoms with Crippen LogP contribution in [0.5, 0.6) is 0 Å². The van der Waals surface area contributed by atoms with Crippen LogP contribution in [0, 0.1) is 0 Å². The molecule has 2 aromatic heterocycles. The molecule has 2 N–H and O–H groups in total. The van der Waals surface area contributed by atoms with E-state index in [1.807, 2.05) is 12.1 Å². The highest BCUT2D eigenvalue weighted by molar-refractivity contribution is 9.11. The van der Waals surface area contributed by atoms with Crippen molar-refractivity contribution < 1.29 is 4.42 Å². The molecule has 0 bridgehead atoms. The molecule has 0 amide bonds. The average Bonchev–Trinajstić information content (AvgIpc) is 2.74. The van der Waals surface area contributed by atoms with E-state index in [-0.39, 0.29) is 0 Å². The molecular weight excluding hydrogens is 264 g/mol. The van der Waals surface area contributed by atoms with E-state index in [0.29, 0.717) is 12.4 Å². The number of aromatic nitrogens is 1. The van der Waals surface area contributed by atoms with E-state index in [4.69, 9.17) is 10.2 Å². The highest BCUT2D eigenvalue weighted by Crippen LogP contribution is 2.30. The molecule has 0 radical (unpaired) electrons. The maximum atomic E-state index is 5.52. The quantitative estimate of drug-likeness (QED) is 0.935. The number of halogens is 1. The molecule has 0 aliphatic rings. The van der Waals surface area contributed by atoms with Gasteiger partial charge in [-0.1, -0.05) is 0 Å². The maximum absolute atomic E-state index is 5.52. The normalized spacial score (nSPS) is 10.7. The second-order valence-electron chi connectivity index (χ2n) is 2.77. The molecule has 0 saturated heterocycles. The van der Waals surface area contributed by atoms with E-state index >= 15 is 0 Å². The Hall–Kier alpha value is -0.650. The minimum atomic E-state index is 0.586. The van der Waals surface area contributed by atoms with Gasteiger partial charge in [0.25, 0.3) is 0 Å². The number of nitrogens with zero attached hydrogens (tertiary/aromatic N) is 1. The van der Waals surface area contributed by atoms with E-state index in [9.17, 15) is 0 Å². The monoisotopic (exact) mass is 272 g/mol. The smallest absolute Gasteiger partial charge is 0.236 e. The van der Waals surface area contributed by atoms with Crippen LogP contribution >= 0.6 is 27.3 Å². The number of nitrogens with two attached hydrogens (primary N) is 1. The molecule has 0 unspecified atom stereocenters. The largest absolute Gasteiger partial charge is 0.440 e. The molecule has 0 aliphatic heterocycles. The third kappa shape index (κ3) is 2.05. The summed E-state index contributed by atoms with van der Waals surface area (Å²) in [5.41, 5.74) is 5.42. The van der Waals surface area contributed by atoms with Crippen molar-refractivity contribution >= 4 is 27.3 Å². The SMILES string of the molecule is NCCc1cnc(-c2ccc(Br)s2)o1. The Bertz CT molecular complexity index is 424. The van der Waals surface area contributed by atoms with Gasteiger partial charge in [-0.05, 0) is 34.6 Å². The van der Waals surface area contributed by atoms with Gasteiger partial charge in [0, 0.05) is 6.42 Å². The Morgan fingerprint density at radius 2 is 2.36 bits per heavy atom. The Morgan fingerprint density at radius 1 is 1.50 bits per heavy atom. The van der Waals surface area contributed by atoms with Gasteiger partial charge < -0.3 is 10.2 Å². The lowest BCUT2D eigenvalue weighted by Gasteiger charge is -1.89. The minimum Gasteiger partial charge on any atom is -0.440 e. The molecule has 0 aromatic carbocycles. The molecule has 0 fully saturated rings. The Balaban J connectivity index is 2.24. The lowest BCUT2D eigenvalue weighted by molar-refractivity contribution is 0.520. The standard InChI is InChI=1S/C9H9BrN2OS/c10-8-2-1-7(14-8)9-12-5-6(13-9)3-4-11/h1-2,5H,3-4,11H2. The first kappa shape index (κ1) is 9.89. The van der Waals surface area contributed by atoms with Crippen LogP contribution in [0.4, 0.5) is 0 Å². The molecule has 0 saturated carbocycles.